The van der Waals surface area contributed by atoms with Crippen LogP contribution in [0, 0.1) is 0 Å². The molecule has 0 aliphatic heterocycles. The van der Waals surface area contributed by atoms with Gasteiger partial charge in [0.15, 0.2) is 22.7 Å². The van der Waals surface area contributed by atoms with Crippen LogP contribution < -0.4 is 30.9 Å². The normalized spacial score (nSPS) is 11.1. The van der Waals surface area contributed by atoms with Gasteiger partial charge in [-0.1, -0.05) is 0 Å². The summed E-state index contributed by atoms with van der Waals surface area (Å²) in [4.78, 5) is 40.8. The van der Waals surface area contributed by atoms with Crippen LogP contribution in [-0.2, 0) is 25.4 Å². The minimum absolute atomic E-state index is 0.147. The molecule has 12 heteroatoms. The smallest absolute Gasteiger partial charge is 0.332 e. The average molecular weight is 430 g/mol. The number of benzene rings is 1. The van der Waals surface area contributed by atoms with Crippen LogP contribution in [0.2, 0.25) is 0 Å². The Morgan fingerprint density at radius 3 is 2.32 bits per heavy atom. The number of nitrogens with one attached hydrogen (secondary N) is 1. The predicted molar refractivity (Wildman–Crippen MR) is 112 cm³/mol. The van der Waals surface area contributed by atoms with Gasteiger partial charge >= 0.3 is 5.69 Å². The number of amides is 1. The van der Waals surface area contributed by atoms with E-state index in [-0.39, 0.29) is 17.7 Å². The summed E-state index contributed by atoms with van der Waals surface area (Å²) in [6, 6.07) is 3.34. The number of aromatic nitrogens is 4. The first kappa shape index (κ1) is 21.6. The summed E-state index contributed by atoms with van der Waals surface area (Å²) in [6.45, 7) is -0.212. The Labute approximate surface area is 176 Å². The Kier molecular flexibility index (Phi) is 6.09. The van der Waals surface area contributed by atoms with Gasteiger partial charge in [0.1, 0.15) is 6.54 Å². The van der Waals surface area contributed by atoms with E-state index in [1.54, 1.807) is 12.1 Å². The monoisotopic (exact) mass is 430 g/mol. The third-order valence-corrected chi connectivity index (χ3v) is 4.62. The van der Waals surface area contributed by atoms with E-state index in [9.17, 15) is 14.4 Å². The molecule has 0 bridgehead atoms. The van der Waals surface area contributed by atoms with Gasteiger partial charge in [0.2, 0.25) is 5.75 Å². The van der Waals surface area contributed by atoms with Crippen molar-refractivity contribution in [2.24, 2.45) is 19.2 Å². The molecular weight excluding hydrogens is 408 g/mol. The summed E-state index contributed by atoms with van der Waals surface area (Å²) in [7, 11) is 7.36. The Bertz CT molecular complexity index is 1260. The van der Waals surface area contributed by atoms with Crippen molar-refractivity contribution in [1.82, 2.24) is 24.1 Å². The maximum absolute atomic E-state index is 12.4. The van der Waals surface area contributed by atoms with E-state index in [0.717, 1.165) is 4.57 Å². The maximum Gasteiger partial charge on any atom is 0.332 e. The number of hydrogen-bond acceptors (Lipinski definition) is 8. The molecule has 0 saturated carbocycles. The lowest BCUT2D eigenvalue weighted by Crippen LogP contribution is -2.38. The van der Waals surface area contributed by atoms with Gasteiger partial charge in [-0.3, -0.25) is 18.7 Å². The van der Waals surface area contributed by atoms with Gasteiger partial charge in [-0.2, -0.15) is 5.10 Å². The molecule has 0 radical (unpaired) electrons. The first-order chi connectivity index (χ1) is 14.8. The van der Waals surface area contributed by atoms with Crippen LogP contribution >= 0.6 is 0 Å². The van der Waals surface area contributed by atoms with E-state index in [0.29, 0.717) is 22.8 Å². The van der Waals surface area contributed by atoms with E-state index < -0.39 is 17.2 Å². The summed E-state index contributed by atoms with van der Waals surface area (Å²) in [5, 5.41) is 3.93. The van der Waals surface area contributed by atoms with Crippen molar-refractivity contribution in [3.05, 3.63) is 44.9 Å². The molecule has 0 unspecified atom stereocenters. The molecule has 0 aliphatic carbocycles. The molecule has 0 spiro atoms. The standard InChI is InChI=1S/C19H22N6O6/c1-23-17-15(18(27)24(2)19(23)28)25(10-20-17)9-14(26)22-21-8-11-6-12(29-3)16(31-5)13(7-11)30-4/h6-8,10H,9H2,1-5H3,(H,22,26)/b21-8-. The Hall–Kier alpha value is -4.09. The highest BCUT2D eigenvalue weighted by Gasteiger charge is 2.16. The van der Waals surface area contributed by atoms with Crippen molar-refractivity contribution in [2.75, 3.05) is 21.3 Å². The fourth-order valence-electron chi connectivity index (χ4n) is 3.06. The van der Waals surface area contributed by atoms with Gasteiger partial charge in [-0.15, -0.1) is 0 Å². The summed E-state index contributed by atoms with van der Waals surface area (Å²) >= 11 is 0. The first-order valence-corrected chi connectivity index (χ1v) is 9.05. The number of carbonyl (C=O) groups is 1. The summed E-state index contributed by atoms with van der Waals surface area (Å²) in [5.74, 6) is 0.843. The zero-order valence-corrected chi connectivity index (χ0v) is 17.7. The minimum Gasteiger partial charge on any atom is -0.493 e. The molecule has 1 amide bonds. The minimum atomic E-state index is -0.538. The van der Waals surface area contributed by atoms with E-state index in [4.69, 9.17) is 14.2 Å². The maximum atomic E-state index is 12.4. The quantitative estimate of drug-likeness (QED) is 0.399. The number of carbonyl (C=O) groups excluding carboxylic acids is 1. The van der Waals surface area contributed by atoms with Crippen LogP contribution in [0.3, 0.4) is 0 Å². The van der Waals surface area contributed by atoms with Crippen LogP contribution in [-0.4, -0.2) is 52.1 Å². The number of imidazole rings is 1. The van der Waals surface area contributed by atoms with Gasteiger partial charge in [0.05, 0.1) is 33.9 Å². The molecule has 12 nitrogen and oxygen atoms in total. The molecule has 1 aromatic carbocycles. The largest absolute Gasteiger partial charge is 0.493 e. The second-order valence-corrected chi connectivity index (χ2v) is 6.50. The lowest BCUT2D eigenvalue weighted by atomic mass is 10.2. The van der Waals surface area contributed by atoms with Crippen LogP contribution in [0.15, 0.2) is 33.2 Å². The molecule has 0 fully saturated rings. The molecule has 1 N–H and O–H groups in total. The molecule has 31 heavy (non-hydrogen) atoms. The Balaban J connectivity index is 1.79. The van der Waals surface area contributed by atoms with Crippen molar-refractivity contribution in [2.45, 2.75) is 6.54 Å². The van der Waals surface area contributed by atoms with Crippen molar-refractivity contribution in [1.29, 1.82) is 0 Å². The fourth-order valence-corrected chi connectivity index (χ4v) is 3.06. The molecule has 2 aromatic heterocycles. The molecule has 0 saturated heterocycles. The molecule has 0 atom stereocenters. The van der Waals surface area contributed by atoms with Gasteiger partial charge in [0, 0.05) is 19.7 Å². The second kappa shape index (κ2) is 8.73. The van der Waals surface area contributed by atoms with Gasteiger partial charge in [0.25, 0.3) is 11.5 Å². The predicted octanol–water partition coefficient (Wildman–Crippen LogP) is -0.390. The highest BCUT2D eigenvalue weighted by Crippen LogP contribution is 2.37. The molecule has 3 aromatic rings. The van der Waals surface area contributed by atoms with Crippen molar-refractivity contribution < 1.29 is 19.0 Å². The number of hydrogen-bond donors (Lipinski definition) is 1. The first-order valence-electron chi connectivity index (χ1n) is 9.05. The molecule has 0 aliphatic rings. The lowest BCUT2D eigenvalue weighted by Gasteiger charge is -2.12. The van der Waals surface area contributed by atoms with E-state index in [1.807, 2.05) is 0 Å². The molecule has 3 rings (SSSR count). The summed E-state index contributed by atoms with van der Waals surface area (Å²) < 4.78 is 19.4. The van der Waals surface area contributed by atoms with E-state index >= 15 is 0 Å². The number of methoxy groups -OCH3 is 3. The average Bonchev–Trinajstić information content (AvgIpc) is 3.18. The lowest BCUT2D eigenvalue weighted by molar-refractivity contribution is -0.121. The zero-order valence-electron chi connectivity index (χ0n) is 17.7. The Morgan fingerprint density at radius 2 is 1.74 bits per heavy atom. The van der Waals surface area contributed by atoms with Crippen molar-refractivity contribution in [3.63, 3.8) is 0 Å². The number of fused-ring (bicyclic) bond motifs is 1. The third kappa shape index (κ3) is 3.99. The van der Waals surface area contributed by atoms with E-state index in [2.05, 4.69) is 15.5 Å². The topological polar surface area (TPSA) is 131 Å². The van der Waals surface area contributed by atoms with Crippen LogP contribution in [0.1, 0.15) is 5.56 Å². The van der Waals surface area contributed by atoms with Crippen LogP contribution in [0.4, 0.5) is 0 Å². The third-order valence-electron chi connectivity index (χ3n) is 4.62. The zero-order chi connectivity index (χ0) is 22.7. The number of hydrazone groups is 1. The van der Waals surface area contributed by atoms with Gasteiger partial charge < -0.3 is 18.8 Å². The van der Waals surface area contributed by atoms with Gasteiger partial charge in [-0.25, -0.2) is 15.2 Å². The molecule has 2 heterocycles. The SMILES string of the molecule is COc1cc(/C=N\NC(=O)Cn2cnc3c2c(=O)n(C)c(=O)n3C)cc(OC)c1OC. The van der Waals surface area contributed by atoms with Crippen LogP contribution in [0.25, 0.3) is 11.2 Å². The highest BCUT2D eigenvalue weighted by atomic mass is 16.5. The van der Waals surface area contributed by atoms with Crippen molar-refractivity contribution >= 4 is 23.3 Å². The van der Waals surface area contributed by atoms with E-state index in [1.165, 1.54) is 57.1 Å². The highest BCUT2D eigenvalue weighted by molar-refractivity contribution is 5.84. The molecule has 164 valence electrons. The molecular formula is C19H22N6O6. The fraction of sp³-hybridized carbons (Fsp3) is 0.316. The summed E-state index contributed by atoms with van der Waals surface area (Å²) in [5.41, 5.74) is 2.30. The van der Waals surface area contributed by atoms with Crippen molar-refractivity contribution in [3.8, 4) is 17.2 Å². The number of nitrogens with zero attached hydrogens (tertiary/aromatic N) is 5. The number of aryl methyl sites for hydroxylation is 1. The number of ether oxygens (including phenoxy) is 3. The second-order valence-electron chi connectivity index (χ2n) is 6.50. The van der Waals surface area contributed by atoms with Gasteiger partial charge in [-0.05, 0) is 12.1 Å². The Morgan fingerprint density at radius 1 is 1.10 bits per heavy atom. The summed E-state index contributed by atoms with van der Waals surface area (Å²) in [6.07, 6.45) is 2.74. The van der Waals surface area contributed by atoms with Crippen LogP contribution in [0.5, 0.6) is 17.2 Å². The number of rotatable bonds is 7.